The Labute approximate surface area is 106 Å². The Bertz CT molecular complexity index is 421. The Morgan fingerprint density at radius 3 is 2.83 bits per heavy atom. The van der Waals surface area contributed by atoms with Crippen molar-refractivity contribution >= 4 is 11.7 Å². The van der Waals surface area contributed by atoms with Gasteiger partial charge in [-0.25, -0.2) is 9.18 Å². The highest BCUT2D eigenvalue weighted by Crippen LogP contribution is 2.23. The maximum absolute atomic E-state index is 13.4. The number of carbonyl (C=O) groups is 1. The number of hydrogen-bond donors (Lipinski definition) is 1. The molecule has 1 rings (SSSR count). The van der Waals surface area contributed by atoms with E-state index in [0.717, 1.165) is 12.8 Å². The summed E-state index contributed by atoms with van der Waals surface area (Å²) >= 11 is 0. The van der Waals surface area contributed by atoms with Gasteiger partial charge in [-0.05, 0) is 25.0 Å². The molecule has 0 amide bonds. The van der Waals surface area contributed by atoms with Crippen molar-refractivity contribution in [3.8, 4) is 5.75 Å². The maximum atomic E-state index is 13.4. The lowest BCUT2D eigenvalue weighted by Gasteiger charge is -2.09. The van der Waals surface area contributed by atoms with E-state index in [1.807, 2.05) is 6.92 Å². The average Bonchev–Trinajstić information content (AvgIpc) is 2.32. The fraction of sp³-hybridized carbons (Fsp3) is 0.462. The number of unbranched alkanes of at least 4 members (excludes halogenated alkanes) is 1. The van der Waals surface area contributed by atoms with E-state index < -0.39 is 11.8 Å². The zero-order valence-corrected chi connectivity index (χ0v) is 10.7. The predicted molar refractivity (Wildman–Crippen MR) is 66.9 cm³/mol. The molecule has 0 radical (unpaired) electrons. The van der Waals surface area contributed by atoms with Gasteiger partial charge < -0.3 is 15.2 Å². The van der Waals surface area contributed by atoms with Crippen LogP contribution in [0.1, 0.15) is 25.3 Å². The number of ether oxygens (including phenoxy) is 2. The van der Waals surface area contributed by atoms with Crippen molar-refractivity contribution in [2.24, 2.45) is 0 Å². The summed E-state index contributed by atoms with van der Waals surface area (Å²) in [7, 11) is 0. The molecule has 0 unspecified atom stereocenters. The highest BCUT2D eigenvalue weighted by molar-refractivity contribution is 5.71. The standard InChI is InChI=1S/C13H18FNO3/c1-3-4-5-17-13(16)8-18-12-6-9(2)11(15)7-10(12)14/h6-7H,3-5,8,15H2,1-2H3. The molecule has 0 heterocycles. The summed E-state index contributed by atoms with van der Waals surface area (Å²) < 4.78 is 23.4. The molecule has 0 bridgehead atoms. The Morgan fingerprint density at radius 1 is 1.44 bits per heavy atom. The van der Waals surface area contributed by atoms with Crippen LogP contribution in [0.4, 0.5) is 10.1 Å². The first-order valence-electron chi connectivity index (χ1n) is 5.88. The van der Waals surface area contributed by atoms with Gasteiger partial charge in [0.05, 0.1) is 6.61 Å². The van der Waals surface area contributed by atoms with Crippen LogP contribution in [0.3, 0.4) is 0 Å². The summed E-state index contributed by atoms with van der Waals surface area (Å²) in [6.07, 6.45) is 1.75. The number of nitrogens with two attached hydrogens (primary N) is 1. The SMILES string of the molecule is CCCCOC(=O)COc1cc(C)c(N)cc1F. The minimum atomic E-state index is -0.584. The molecule has 0 saturated heterocycles. The van der Waals surface area contributed by atoms with Crippen molar-refractivity contribution < 1.29 is 18.7 Å². The lowest BCUT2D eigenvalue weighted by Crippen LogP contribution is -2.16. The zero-order valence-electron chi connectivity index (χ0n) is 10.7. The monoisotopic (exact) mass is 255 g/mol. The molecule has 0 atom stereocenters. The molecule has 0 saturated carbocycles. The van der Waals surface area contributed by atoms with Crippen LogP contribution < -0.4 is 10.5 Å². The number of benzene rings is 1. The van der Waals surface area contributed by atoms with Crippen molar-refractivity contribution in [3.63, 3.8) is 0 Å². The third kappa shape index (κ3) is 4.24. The Balaban J connectivity index is 2.48. The Morgan fingerprint density at radius 2 is 2.17 bits per heavy atom. The van der Waals surface area contributed by atoms with Crippen molar-refractivity contribution in [2.75, 3.05) is 18.9 Å². The number of aryl methyl sites for hydroxylation is 1. The van der Waals surface area contributed by atoms with E-state index in [1.165, 1.54) is 12.1 Å². The summed E-state index contributed by atoms with van der Waals surface area (Å²) in [6.45, 7) is 3.80. The molecule has 0 aliphatic rings. The minimum absolute atomic E-state index is 0.00846. The van der Waals surface area contributed by atoms with E-state index in [0.29, 0.717) is 17.9 Å². The highest BCUT2D eigenvalue weighted by atomic mass is 19.1. The topological polar surface area (TPSA) is 61.5 Å². The molecule has 0 aliphatic carbocycles. The van der Waals surface area contributed by atoms with Crippen LogP contribution in [0.2, 0.25) is 0 Å². The van der Waals surface area contributed by atoms with Crippen LogP contribution in [0.15, 0.2) is 12.1 Å². The van der Waals surface area contributed by atoms with Gasteiger partial charge in [0.25, 0.3) is 0 Å². The van der Waals surface area contributed by atoms with E-state index in [-0.39, 0.29) is 12.4 Å². The third-order valence-corrected chi connectivity index (χ3v) is 2.43. The van der Waals surface area contributed by atoms with Gasteiger partial charge in [0.15, 0.2) is 18.2 Å². The average molecular weight is 255 g/mol. The number of esters is 1. The van der Waals surface area contributed by atoms with E-state index in [9.17, 15) is 9.18 Å². The molecule has 18 heavy (non-hydrogen) atoms. The predicted octanol–water partition coefficient (Wildman–Crippen LogP) is 2.44. The van der Waals surface area contributed by atoms with Crippen LogP contribution in [-0.4, -0.2) is 19.2 Å². The smallest absolute Gasteiger partial charge is 0.344 e. The first-order chi connectivity index (χ1) is 8.54. The second-order valence-corrected chi connectivity index (χ2v) is 4.00. The fourth-order valence-corrected chi connectivity index (χ4v) is 1.29. The summed E-state index contributed by atoms with van der Waals surface area (Å²) in [5.74, 6) is -1.08. The van der Waals surface area contributed by atoms with E-state index in [4.69, 9.17) is 15.2 Å². The molecule has 0 spiro atoms. The Hall–Kier alpha value is -1.78. The van der Waals surface area contributed by atoms with Crippen molar-refractivity contribution in [3.05, 3.63) is 23.5 Å². The van der Waals surface area contributed by atoms with Gasteiger partial charge in [-0.3, -0.25) is 0 Å². The molecule has 100 valence electrons. The van der Waals surface area contributed by atoms with Crippen LogP contribution in [-0.2, 0) is 9.53 Å². The molecule has 5 heteroatoms. The number of carbonyl (C=O) groups excluding carboxylic acids is 1. The molecule has 1 aromatic carbocycles. The number of nitrogen functional groups attached to an aromatic ring is 1. The largest absolute Gasteiger partial charge is 0.479 e. The number of hydrogen-bond acceptors (Lipinski definition) is 4. The second kappa shape index (κ2) is 6.83. The molecular weight excluding hydrogens is 237 g/mol. The van der Waals surface area contributed by atoms with Crippen molar-refractivity contribution in [1.82, 2.24) is 0 Å². The first kappa shape index (κ1) is 14.3. The van der Waals surface area contributed by atoms with Crippen LogP contribution in [0, 0.1) is 12.7 Å². The zero-order chi connectivity index (χ0) is 13.5. The van der Waals surface area contributed by atoms with Gasteiger partial charge in [0, 0.05) is 11.8 Å². The molecule has 0 fully saturated rings. The highest BCUT2D eigenvalue weighted by Gasteiger charge is 2.09. The summed E-state index contributed by atoms with van der Waals surface area (Å²) in [4.78, 5) is 11.3. The molecule has 0 aliphatic heterocycles. The quantitative estimate of drug-likeness (QED) is 0.482. The van der Waals surface area contributed by atoms with Crippen molar-refractivity contribution in [2.45, 2.75) is 26.7 Å². The number of halogens is 1. The van der Waals surface area contributed by atoms with E-state index in [2.05, 4.69) is 0 Å². The van der Waals surface area contributed by atoms with E-state index >= 15 is 0 Å². The molecular formula is C13H18FNO3. The van der Waals surface area contributed by atoms with Crippen LogP contribution in [0.5, 0.6) is 5.75 Å². The van der Waals surface area contributed by atoms with Gasteiger partial charge in [0.2, 0.25) is 0 Å². The number of rotatable bonds is 6. The molecule has 0 aromatic heterocycles. The summed E-state index contributed by atoms with van der Waals surface area (Å²) in [5.41, 5.74) is 6.59. The van der Waals surface area contributed by atoms with Crippen molar-refractivity contribution in [1.29, 1.82) is 0 Å². The second-order valence-electron chi connectivity index (χ2n) is 4.00. The number of anilines is 1. The first-order valence-corrected chi connectivity index (χ1v) is 5.88. The van der Waals surface area contributed by atoms with Gasteiger partial charge >= 0.3 is 5.97 Å². The molecule has 2 N–H and O–H groups in total. The van der Waals surface area contributed by atoms with Gasteiger partial charge in [-0.15, -0.1) is 0 Å². The maximum Gasteiger partial charge on any atom is 0.344 e. The summed E-state index contributed by atoms with van der Waals surface area (Å²) in [6, 6.07) is 2.64. The van der Waals surface area contributed by atoms with Crippen LogP contribution in [0.25, 0.3) is 0 Å². The minimum Gasteiger partial charge on any atom is -0.479 e. The van der Waals surface area contributed by atoms with Gasteiger partial charge in [0.1, 0.15) is 0 Å². The summed E-state index contributed by atoms with van der Waals surface area (Å²) in [5, 5.41) is 0. The lowest BCUT2D eigenvalue weighted by molar-refractivity contribution is -0.146. The van der Waals surface area contributed by atoms with Gasteiger partial charge in [-0.1, -0.05) is 13.3 Å². The molecule has 1 aromatic rings. The van der Waals surface area contributed by atoms with E-state index in [1.54, 1.807) is 6.92 Å². The lowest BCUT2D eigenvalue weighted by atomic mass is 10.2. The van der Waals surface area contributed by atoms with Crippen LogP contribution >= 0.6 is 0 Å². The van der Waals surface area contributed by atoms with Gasteiger partial charge in [-0.2, -0.15) is 0 Å². The third-order valence-electron chi connectivity index (χ3n) is 2.43. The molecule has 4 nitrogen and oxygen atoms in total. The normalized spacial score (nSPS) is 10.2. The Kier molecular flexibility index (Phi) is 5.42. The fourth-order valence-electron chi connectivity index (χ4n) is 1.29.